The summed E-state index contributed by atoms with van der Waals surface area (Å²) in [7, 11) is 0. The van der Waals surface area contributed by atoms with E-state index in [-0.39, 0.29) is 11.8 Å². The van der Waals surface area contributed by atoms with Gasteiger partial charge in [-0.25, -0.2) is 0 Å². The van der Waals surface area contributed by atoms with Gasteiger partial charge < -0.3 is 10.2 Å². The number of benzene rings is 1. The molecule has 0 bridgehead atoms. The van der Waals surface area contributed by atoms with E-state index in [0.717, 1.165) is 42.6 Å². The fourth-order valence-corrected chi connectivity index (χ4v) is 2.79. The number of nitrogens with zero attached hydrogens (tertiary/aromatic N) is 1. The summed E-state index contributed by atoms with van der Waals surface area (Å²) in [6, 6.07) is 4.13. The molecule has 0 saturated carbocycles. The summed E-state index contributed by atoms with van der Waals surface area (Å²) in [5.41, 5.74) is 4.22. The van der Waals surface area contributed by atoms with Crippen molar-refractivity contribution in [1.29, 1.82) is 0 Å². The van der Waals surface area contributed by atoms with Crippen LogP contribution in [-0.2, 0) is 9.59 Å². The molecule has 1 aromatic rings. The molecule has 0 aliphatic carbocycles. The van der Waals surface area contributed by atoms with Crippen LogP contribution in [0.2, 0.25) is 0 Å². The van der Waals surface area contributed by atoms with Crippen molar-refractivity contribution < 1.29 is 9.59 Å². The minimum Gasteiger partial charge on any atom is -0.342 e. The fourth-order valence-electron chi connectivity index (χ4n) is 2.79. The van der Waals surface area contributed by atoms with Gasteiger partial charge in [0.25, 0.3) is 0 Å². The Balaban J connectivity index is 2.57. The molecule has 4 nitrogen and oxygen atoms in total. The number of amides is 2. The molecule has 0 spiro atoms. The molecule has 0 aromatic heterocycles. The second-order valence-electron chi connectivity index (χ2n) is 6.29. The summed E-state index contributed by atoms with van der Waals surface area (Å²) in [5, 5.41) is 2.99. The Labute approximate surface area is 140 Å². The van der Waals surface area contributed by atoms with Crippen molar-refractivity contribution in [1.82, 2.24) is 4.90 Å². The average molecular weight is 318 g/mol. The van der Waals surface area contributed by atoms with Gasteiger partial charge in [0.05, 0.1) is 0 Å². The lowest BCUT2D eigenvalue weighted by Gasteiger charge is -2.21. The van der Waals surface area contributed by atoms with E-state index in [1.165, 1.54) is 5.56 Å². The van der Waals surface area contributed by atoms with Gasteiger partial charge in [-0.05, 0) is 38.3 Å². The third kappa shape index (κ3) is 6.43. The maximum Gasteiger partial charge on any atom is 0.226 e. The van der Waals surface area contributed by atoms with Gasteiger partial charge in [0.15, 0.2) is 0 Å². The van der Waals surface area contributed by atoms with Crippen molar-refractivity contribution in [2.45, 2.75) is 60.3 Å². The minimum absolute atomic E-state index is 0.0385. The second kappa shape index (κ2) is 9.33. The molecular formula is C19H30N2O2. The molecule has 0 radical (unpaired) electrons. The second-order valence-corrected chi connectivity index (χ2v) is 6.29. The number of rotatable bonds is 8. The monoisotopic (exact) mass is 318 g/mol. The van der Waals surface area contributed by atoms with Crippen LogP contribution in [0.5, 0.6) is 0 Å². The van der Waals surface area contributed by atoms with Crippen molar-refractivity contribution in [3.8, 4) is 0 Å². The molecule has 0 unspecified atom stereocenters. The Hall–Kier alpha value is -1.84. The van der Waals surface area contributed by atoms with Crippen LogP contribution in [0.25, 0.3) is 0 Å². The van der Waals surface area contributed by atoms with Gasteiger partial charge in [-0.3, -0.25) is 9.59 Å². The number of nitrogens with one attached hydrogen (secondary N) is 1. The Morgan fingerprint density at radius 2 is 1.65 bits per heavy atom. The zero-order valence-electron chi connectivity index (χ0n) is 15.2. The zero-order chi connectivity index (χ0) is 17.4. The Morgan fingerprint density at radius 3 is 2.17 bits per heavy atom. The number of unbranched alkanes of at least 4 members (excludes halogenated alkanes) is 2. The molecule has 2 amide bonds. The lowest BCUT2D eigenvalue weighted by Crippen LogP contribution is -2.33. The summed E-state index contributed by atoms with van der Waals surface area (Å²) in [5.74, 6) is -0.00149. The number of carbonyl (C=O) groups is 2. The first-order valence-electron chi connectivity index (χ1n) is 8.48. The van der Waals surface area contributed by atoms with Gasteiger partial charge in [0.1, 0.15) is 0 Å². The molecule has 1 N–H and O–H groups in total. The molecule has 0 aliphatic heterocycles. The molecule has 4 heteroatoms. The van der Waals surface area contributed by atoms with E-state index in [1.54, 1.807) is 11.8 Å². The van der Waals surface area contributed by atoms with Crippen LogP contribution >= 0.6 is 0 Å². The largest absolute Gasteiger partial charge is 0.342 e. The molecule has 1 rings (SSSR count). The van der Waals surface area contributed by atoms with E-state index in [1.807, 2.05) is 20.8 Å². The predicted molar refractivity (Wildman–Crippen MR) is 95.7 cm³/mol. The van der Waals surface area contributed by atoms with Crippen molar-refractivity contribution in [2.24, 2.45) is 0 Å². The highest BCUT2D eigenvalue weighted by molar-refractivity contribution is 5.92. The summed E-state index contributed by atoms with van der Waals surface area (Å²) < 4.78 is 0. The van der Waals surface area contributed by atoms with E-state index >= 15 is 0 Å². The predicted octanol–water partition coefficient (Wildman–Crippen LogP) is 3.98. The third-order valence-corrected chi connectivity index (χ3v) is 4.03. The lowest BCUT2D eigenvalue weighted by molar-refractivity contribution is -0.129. The maximum absolute atomic E-state index is 12.2. The van der Waals surface area contributed by atoms with Gasteiger partial charge in [-0.2, -0.15) is 0 Å². The summed E-state index contributed by atoms with van der Waals surface area (Å²) in [4.78, 5) is 25.6. The zero-order valence-corrected chi connectivity index (χ0v) is 15.2. The maximum atomic E-state index is 12.2. The van der Waals surface area contributed by atoms with Crippen LogP contribution in [0, 0.1) is 20.8 Å². The molecule has 0 saturated heterocycles. The third-order valence-electron chi connectivity index (χ3n) is 4.03. The Morgan fingerprint density at radius 1 is 1.04 bits per heavy atom. The van der Waals surface area contributed by atoms with Crippen molar-refractivity contribution in [2.75, 3.05) is 18.4 Å². The lowest BCUT2D eigenvalue weighted by atomic mass is 10.0. The van der Waals surface area contributed by atoms with Crippen LogP contribution in [-0.4, -0.2) is 29.8 Å². The van der Waals surface area contributed by atoms with Gasteiger partial charge in [-0.1, -0.05) is 37.5 Å². The molecular weight excluding hydrogens is 288 g/mol. The normalized spacial score (nSPS) is 10.5. The van der Waals surface area contributed by atoms with Crippen molar-refractivity contribution in [3.05, 3.63) is 28.8 Å². The highest BCUT2D eigenvalue weighted by Gasteiger charge is 2.12. The van der Waals surface area contributed by atoms with E-state index in [0.29, 0.717) is 13.0 Å². The first kappa shape index (κ1) is 19.2. The first-order chi connectivity index (χ1) is 10.8. The molecule has 23 heavy (non-hydrogen) atoms. The molecule has 0 heterocycles. The molecule has 128 valence electrons. The summed E-state index contributed by atoms with van der Waals surface area (Å²) in [6.07, 6.45) is 3.56. The highest BCUT2D eigenvalue weighted by Crippen LogP contribution is 2.22. The minimum atomic E-state index is -0.0400. The van der Waals surface area contributed by atoms with Gasteiger partial charge in [0.2, 0.25) is 11.8 Å². The van der Waals surface area contributed by atoms with E-state index < -0.39 is 0 Å². The molecule has 0 aliphatic rings. The van der Waals surface area contributed by atoms with E-state index in [2.05, 4.69) is 24.4 Å². The van der Waals surface area contributed by atoms with Crippen LogP contribution in [0.15, 0.2) is 12.1 Å². The number of carbonyl (C=O) groups excluding carboxylic acids is 2. The number of hydrogen-bond donors (Lipinski definition) is 1. The highest BCUT2D eigenvalue weighted by atomic mass is 16.2. The van der Waals surface area contributed by atoms with Crippen LogP contribution in [0.4, 0.5) is 5.69 Å². The molecule has 0 fully saturated rings. The van der Waals surface area contributed by atoms with Crippen LogP contribution in [0.3, 0.4) is 0 Å². The first-order valence-corrected chi connectivity index (χ1v) is 8.48. The quantitative estimate of drug-likeness (QED) is 0.737. The Bertz CT molecular complexity index is 529. The van der Waals surface area contributed by atoms with Crippen LogP contribution < -0.4 is 5.32 Å². The van der Waals surface area contributed by atoms with Crippen molar-refractivity contribution in [3.63, 3.8) is 0 Å². The van der Waals surface area contributed by atoms with Gasteiger partial charge in [0, 0.05) is 32.1 Å². The topological polar surface area (TPSA) is 49.4 Å². The summed E-state index contributed by atoms with van der Waals surface area (Å²) >= 11 is 0. The summed E-state index contributed by atoms with van der Waals surface area (Å²) in [6.45, 7) is 11.0. The molecule has 1 aromatic carbocycles. The number of hydrogen-bond acceptors (Lipinski definition) is 2. The SMILES string of the molecule is CCCCCN(CCC(=O)Nc1c(C)cc(C)cc1C)C(C)=O. The standard InChI is InChI=1S/C19H30N2O2/c1-6-7-8-10-21(17(5)22)11-9-18(23)20-19-15(3)12-14(2)13-16(19)4/h12-13H,6-11H2,1-5H3,(H,20,23). The Kier molecular flexibility index (Phi) is 7.79. The molecule has 0 atom stereocenters. The van der Waals surface area contributed by atoms with E-state index in [4.69, 9.17) is 0 Å². The number of anilines is 1. The fraction of sp³-hybridized carbons (Fsp3) is 0.579. The van der Waals surface area contributed by atoms with E-state index in [9.17, 15) is 9.59 Å². The van der Waals surface area contributed by atoms with Gasteiger partial charge >= 0.3 is 0 Å². The van der Waals surface area contributed by atoms with Crippen LogP contribution in [0.1, 0.15) is 56.2 Å². The average Bonchev–Trinajstić information content (AvgIpc) is 2.46. The van der Waals surface area contributed by atoms with Crippen molar-refractivity contribution >= 4 is 17.5 Å². The number of aryl methyl sites for hydroxylation is 3. The smallest absolute Gasteiger partial charge is 0.226 e. The van der Waals surface area contributed by atoms with Gasteiger partial charge in [-0.15, -0.1) is 0 Å².